The van der Waals surface area contributed by atoms with Gasteiger partial charge in [-0.25, -0.2) is 9.97 Å². The quantitative estimate of drug-likeness (QED) is 0.497. The highest BCUT2D eigenvalue weighted by Gasteiger charge is 2.06. The minimum absolute atomic E-state index is 0.117. The van der Waals surface area contributed by atoms with Crippen LogP contribution in [0.15, 0.2) is 77.8 Å². The first kappa shape index (κ1) is 19.4. The van der Waals surface area contributed by atoms with Crippen molar-refractivity contribution in [3.05, 3.63) is 84.2 Å². The Kier molecular flexibility index (Phi) is 5.82. The Hall–Kier alpha value is -3.97. The van der Waals surface area contributed by atoms with Crippen molar-refractivity contribution in [3.8, 4) is 28.5 Å². The molecule has 7 nitrogen and oxygen atoms in total. The van der Waals surface area contributed by atoms with E-state index in [2.05, 4.69) is 25.2 Å². The maximum atomic E-state index is 9.24. The fourth-order valence-corrected chi connectivity index (χ4v) is 2.79. The summed E-state index contributed by atoms with van der Waals surface area (Å²) in [5.74, 6) is 0.786. The summed E-state index contributed by atoms with van der Waals surface area (Å²) in [4.78, 5) is 13.4. The molecule has 3 aromatic heterocycles. The van der Waals surface area contributed by atoms with E-state index in [-0.39, 0.29) is 6.61 Å². The highest BCUT2D eigenvalue weighted by molar-refractivity contribution is 5.80. The standard InChI is InChI=1S/C23H19N5O2/c1-30-19-10-8-16(9-11-19)24-14-17-4-2-6-20(25-17)22-12-13-23(28-27-22)21-7-3-5-18(15-29)26-21/h2-14,29H,15H2,1H3. The van der Waals surface area contributed by atoms with E-state index >= 15 is 0 Å². The molecule has 0 aliphatic rings. The zero-order chi connectivity index (χ0) is 20.8. The van der Waals surface area contributed by atoms with Crippen molar-refractivity contribution >= 4 is 11.9 Å². The number of aliphatic hydroxyl groups excluding tert-OH is 1. The molecule has 0 radical (unpaired) electrons. The van der Waals surface area contributed by atoms with Gasteiger partial charge in [-0.15, -0.1) is 10.2 Å². The number of ether oxygens (including phenoxy) is 1. The number of aliphatic hydroxyl groups is 1. The molecule has 0 saturated carbocycles. The van der Waals surface area contributed by atoms with Crippen molar-refractivity contribution in [2.75, 3.05) is 7.11 Å². The molecular weight excluding hydrogens is 378 g/mol. The summed E-state index contributed by atoms with van der Waals surface area (Å²) in [6.45, 7) is -0.117. The molecule has 0 amide bonds. The molecular formula is C23H19N5O2. The first-order valence-electron chi connectivity index (χ1n) is 9.31. The third-order valence-corrected chi connectivity index (χ3v) is 4.35. The largest absolute Gasteiger partial charge is 0.497 e. The Bertz CT molecular complexity index is 1160. The molecule has 1 aromatic carbocycles. The lowest BCUT2D eigenvalue weighted by atomic mass is 10.2. The lowest BCUT2D eigenvalue weighted by Gasteiger charge is -2.04. The van der Waals surface area contributed by atoms with Crippen molar-refractivity contribution in [1.29, 1.82) is 0 Å². The predicted molar refractivity (Wildman–Crippen MR) is 115 cm³/mol. The lowest BCUT2D eigenvalue weighted by molar-refractivity contribution is 0.277. The van der Waals surface area contributed by atoms with Crippen LogP contribution in [0.1, 0.15) is 11.4 Å². The van der Waals surface area contributed by atoms with Crippen molar-refractivity contribution in [2.45, 2.75) is 6.61 Å². The zero-order valence-corrected chi connectivity index (χ0v) is 16.3. The fraction of sp³-hybridized carbons (Fsp3) is 0.0870. The highest BCUT2D eigenvalue weighted by atomic mass is 16.5. The van der Waals surface area contributed by atoms with E-state index < -0.39 is 0 Å². The number of aliphatic imine (C=N–C) groups is 1. The highest BCUT2D eigenvalue weighted by Crippen LogP contribution is 2.20. The summed E-state index contributed by atoms with van der Waals surface area (Å²) in [5.41, 5.74) is 4.75. The van der Waals surface area contributed by atoms with Crippen LogP contribution in [0.4, 0.5) is 5.69 Å². The van der Waals surface area contributed by atoms with Crippen LogP contribution in [0.2, 0.25) is 0 Å². The number of hydrogen-bond acceptors (Lipinski definition) is 7. The molecule has 0 fully saturated rings. The first-order chi connectivity index (χ1) is 14.7. The molecule has 7 heteroatoms. The second-order valence-electron chi connectivity index (χ2n) is 6.38. The Morgan fingerprint density at radius 1 is 0.800 bits per heavy atom. The summed E-state index contributed by atoms with van der Waals surface area (Å²) in [6, 6.07) is 22.2. The van der Waals surface area contributed by atoms with Crippen molar-refractivity contribution in [2.24, 2.45) is 4.99 Å². The molecule has 30 heavy (non-hydrogen) atoms. The van der Waals surface area contributed by atoms with Crippen molar-refractivity contribution in [1.82, 2.24) is 20.2 Å². The van der Waals surface area contributed by atoms with Gasteiger partial charge in [0, 0.05) is 0 Å². The van der Waals surface area contributed by atoms with E-state index in [1.165, 1.54) is 0 Å². The lowest BCUT2D eigenvalue weighted by Crippen LogP contribution is -1.97. The van der Waals surface area contributed by atoms with Crippen LogP contribution >= 0.6 is 0 Å². The number of hydrogen-bond donors (Lipinski definition) is 1. The molecule has 0 saturated heterocycles. The first-order valence-corrected chi connectivity index (χ1v) is 9.31. The van der Waals surface area contributed by atoms with Crippen LogP contribution < -0.4 is 4.74 Å². The summed E-state index contributed by atoms with van der Waals surface area (Å²) < 4.78 is 5.15. The van der Waals surface area contributed by atoms with Crippen LogP contribution in [0.3, 0.4) is 0 Å². The van der Waals surface area contributed by atoms with E-state index in [4.69, 9.17) is 4.74 Å². The normalized spacial score (nSPS) is 11.0. The van der Waals surface area contributed by atoms with Gasteiger partial charge in [-0.05, 0) is 60.7 Å². The van der Waals surface area contributed by atoms with E-state index in [0.29, 0.717) is 34.2 Å². The van der Waals surface area contributed by atoms with Gasteiger partial charge in [0.2, 0.25) is 0 Å². The van der Waals surface area contributed by atoms with Crippen molar-refractivity contribution in [3.63, 3.8) is 0 Å². The smallest absolute Gasteiger partial charge is 0.119 e. The molecule has 4 aromatic rings. The molecule has 0 unspecified atom stereocenters. The summed E-state index contributed by atoms with van der Waals surface area (Å²) in [6.07, 6.45) is 1.71. The van der Waals surface area contributed by atoms with E-state index in [0.717, 1.165) is 11.4 Å². The van der Waals surface area contributed by atoms with Gasteiger partial charge in [-0.2, -0.15) is 0 Å². The Balaban J connectivity index is 1.53. The van der Waals surface area contributed by atoms with E-state index in [1.807, 2.05) is 66.7 Å². The SMILES string of the molecule is COc1ccc(N=Cc2cccc(-c3ccc(-c4cccc(CO)n4)nn3)n2)cc1. The third-order valence-electron chi connectivity index (χ3n) is 4.35. The van der Waals surface area contributed by atoms with Gasteiger partial charge >= 0.3 is 0 Å². The Labute approximate surface area is 173 Å². The van der Waals surface area contributed by atoms with Crippen LogP contribution in [-0.4, -0.2) is 38.6 Å². The summed E-state index contributed by atoms with van der Waals surface area (Å²) in [7, 11) is 1.63. The number of pyridine rings is 2. The Morgan fingerprint density at radius 3 is 2.10 bits per heavy atom. The molecule has 0 aliphatic heterocycles. The maximum absolute atomic E-state index is 9.24. The van der Waals surface area contributed by atoms with Gasteiger partial charge in [0.25, 0.3) is 0 Å². The number of aromatic nitrogens is 4. The summed E-state index contributed by atoms with van der Waals surface area (Å²) in [5, 5.41) is 17.8. The zero-order valence-electron chi connectivity index (χ0n) is 16.3. The fourth-order valence-electron chi connectivity index (χ4n) is 2.79. The average Bonchev–Trinajstić information content (AvgIpc) is 2.83. The number of benzene rings is 1. The second-order valence-corrected chi connectivity index (χ2v) is 6.38. The van der Waals surface area contributed by atoms with Gasteiger partial charge in [-0.3, -0.25) is 4.99 Å². The van der Waals surface area contributed by atoms with Gasteiger partial charge in [0.1, 0.15) is 17.1 Å². The molecule has 0 spiro atoms. The summed E-state index contributed by atoms with van der Waals surface area (Å²) >= 11 is 0. The minimum Gasteiger partial charge on any atom is -0.497 e. The molecule has 3 heterocycles. The van der Waals surface area contributed by atoms with Gasteiger partial charge < -0.3 is 9.84 Å². The molecule has 4 rings (SSSR count). The van der Waals surface area contributed by atoms with Crippen LogP contribution in [0.25, 0.3) is 22.8 Å². The average molecular weight is 397 g/mol. The molecule has 0 aliphatic carbocycles. The molecule has 1 N–H and O–H groups in total. The number of rotatable bonds is 6. The third kappa shape index (κ3) is 4.53. The minimum atomic E-state index is -0.117. The number of nitrogens with zero attached hydrogens (tertiary/aromatic N) is 5. The topological polar surface area (TPSA) is 93.4 Å². The van der Waals surface area contributed by atoms with E-state index in [1.54, 1.807) is 19.4 Å². The van der Waals surface area contributed by atoms with Gasteiger partial charge in [-0.1, -0.05) is 12.1 Å². The monoisotopic (exact) mass is 397 g/mol. The second kappa shape index (κ2) is 9.02. The maximum Gasteiger partial charge on any atom is 0.119 e. The van der Waals surface area contributed by atoms with Gasteiger partial charge in [0.15, 0.2) is 0 Å². The predicted octanol–water partition coefficient (Wildman–Crippen LogP) is 3.85. The number of methoxy groups -OCH3 is 1. The molecule has 0 bridgehead atoms. The van der Waals surface area contributed by atoms with Gasteiger partial charge in [0.05, 0.1) is 48.4 Å². The molecule has 148 valence electrons. The van der Waals surface area contributed by atoms with Crippen molar-refractivity contribution < 1.29 is 9.84 Å². The Morgan fingerprint density at radius 2 is 1.47 bits per heavy atom. The van der Waals surface area contributed by atoms with Crippen LogP contribution in [0.5, 0.6) is 5.75 Å². The van der Waals surface area contributed by atoms with Crippen LogP contribution in [-0.2, 0) is 6.61 Å². The van der Waals surface area contributed by atoms with Crippen LogP contribution in [0, 0.1) is 0 Å². The molecule has 0 atom stereocenters. The van der Waals surface area contributed by atoms with E-state index in [9.17, 15) is 5.11 Å².